The van der Waals surface area contributed by atoms with Crippen LogP contribution in [0.5, 0.6) is 0 Å². The van der Waals surface area contributed by atoms with Crippen LogP contribution in [0.2, 0.25) is 0 Å². The van der Waals surface area contributed by atoms with Gasteiger partial charge >= 0.3 is 0 Å². The van der Waals surface area contributed by atoms with Gasteiger partial charge < -0.3 is 5.32 Å². The van der Waals surface area contributed by atoms with Crippen molar-refractivity contribution in [1.29, 1.82) is 0 Å². The molecule has 0 aliphatic rings. The Morgan fingerprint density at radius 3 is 2.83 bits per heavy atom. The summed E-state index contributed by atoms with van der Waals surface area (Å²) in [7, 11) is 1.97. The van der Waals surface area contributed by atoms with Crippen LogP contribution < -0.4 is 5.32 Å². The molecule has 0 fully saturated rings. The van der Waals surface area contributed by atoms with E-state index in [-0.39, 0.29) is 0 Å². The largest absolute Gasteiger partial charge is 0.314 e. The molecule has 0 saturated carbocycles. The summed E-state index contributed by atoms with van der Waals surface area (Å²) in [5.74, 6) is 0.681. The Balaban J connectivity index is 2.32. The third kappa shape index (κ3) is 2.72. The van der Waals surface area contributed by atoms with Gasteiger partial charge in [0.25, 0.3) is 0 Å². The lowest BCUT2D eigenvalue weighted by molar-refractivity contribution is 0.426. The van der Waals surface area contributed by atoms with E-state index >= 15 is 0 Å². The second-order valence-electron chi connectivity index (χ2n) is 5.07. The molecule has 1 N–H and O–H groups in total. The predicted molar refractivity (Wildman–Crippen MR) is 76.6 cm³/mol. The van der Waals surface area contributed by atoms with Gasteiger partial charge in [0.15, 0.2) is 0 Å². The van der Waals surface area contributed by atoms with Gasteiger partial charge in [-0.25, -0.2) is 0 Å². The lowest BCUT2D eigenvalue weighted by Gasteiger charge is -2.10. The minimum atomic E-state index is 0.681. The van der Waals surface area contributed by atoms with Crippen molar-refractivity contribution in [3.8, 4) is 0 Å². The molecule has 0 saturated heterocycles. The van der Waals surface area contributed by atoms with E-state index in [1.165, 1.54) is 23.7 Å². The summed E-state index contributed by atoms with van der Waals surface area (Å²) in [6.07, 6.45) is 2.50. The number of hydrogen-bond acceptors (Lipinski definition) is 2. The number of hydrogen-bond donors (Lipinski definition) is 1. The van der Waals surface area contributed by atoms with Gasteiger partial charge in [-0.1, -0.05) is 38.5 Å². The summed E-state index contributed by atoms with van der Waals surface area (Å²) in [6, 6.07) is 8.51. The quantitative estimate of drug-likeness (QED) is 0.847. The van der Waals surface area contributed by atoms with Crippen LogP contribution in [0, 0.1) is 5.92 Å². The molecule has 2 rings (SSSR count). The van der Waals surface area contributed by atoms with E-state index in [4.69, 9.17) is 5.10 Å². The van der Waals surface area contributed by atoms with Crippen molar-refractivity contribution in [2.75, 3.05) is 7.05 Å². The van der Waals surface area contributed by atoms with E-state index in [0.717, 1.165) is 18.8 Å². The molecule has 0 aliphatic carbocycles. The lowest BCUT2D eigenvalue weighted by atomic mass is 10.1. The maximum Gasteiger partial charge on any atom is 0.0841 e. The molecular formula is C15H23N3. The average Bonchev–Trinajstić information content (AvgIpc) is 2.69. The van der Waals surface area contributed by atoms with E-state index in [2.05, 4.69) is 48.1 Å². The van der Waals surface area contributed by atoms with Crippen LogP contribution in [-0.2, 0) is 13.1 Å². The first-order chi connectivity index (χ1) is 8.76. The second-order valence-corrected chi connectivity index (χ2v) is 5.07. The predicted octanol–water partition coefficient (Wildman–Crippen LogP) is 3.19. The first-order valence-corrected chi connectivity index (χ1v) is 6.85. The fourth-order valence-electron chi connectivity index (χ4n) is 2.51. The molecule has 0 amide bonds. The number of benzene rings is 1. The van der Waals surface area contributed by atoms with Crippen LogP contribution in [-0.4, -0.2) is 16.8 Å². The maximum absolute atomic E-state index is 4.76. The summed E-state index contributed by atoms with van der Waals surface area (Å²) >= 11 is 0. The van der Waals surface area contributed by atoms with E-state index in [1.54, 1.807) is 0 Å². The van der Waals surface area contributed by atoms with Crippen molar-refractivity contribution in [2.45, 2.75) is 39.8 Å². The van der Waals surface area contributed by atoms with Crippen LogP contribution in [0.3, 0.4) is 0 Å². The van der Waals surface area contributed by atoms with E-state index < -0.39 is 0 Å². The SMILES string of the molecule is CCCC(C)Cn1nc(CNC)c2ccccc21. The third-order valence-electron chi connectivity index (χ3n) is 3.34. The van der Waals surface area contributed by atoms with Gasteiger partial charge in [-0.05, 0) is 25.5 Å². The van der Waals surface area contributed by atoms with Gasteiger partial charge in [0.05, 0.1) is 11.2 Å². The Labute approximate surface area is 109 Å². The molecule has 3 nitrogen and oxygen atoms in total. The number of para-hydroxylation sites is 1. The Hall–Kier alpha value is -1.35. The first kappa shape index (κ1) is 13.1. The molecule has 1 aromatic carbocycles. The second kappa shape index (κ2) is 6.01. The fraction of sp³-hybridized carbons (Fsp3) is 0.533. The summed E-state index contributed by atoms with van der Waals surface area (Å²) in [4.78, 5) is 0. The summed E-state index contributed by atoms with van der Waals surface area (Å²) in [5.41, 5.74) is 2.41. The van der Waals surface area contributed by atoms with Gasteiger partial charge in [-0.3, -0.25) is 4.68 Å². The Morgan fingerprint density at radius 1 is 1.33 bits per heavy atom. The molecule has 18 heavy (non-hydrogen) atoms. The van der Waals surface area contributed by atoms with Crippen molar-refractivity contribution in [3.63, 3.8) is 0 Å². The summed E-state index contributed by atoms with van der Waals surface area (Å²) < 4.78 is 2.17. The highest BCUT2D eigenvalue weighted by Gasteiger charge is 2.11. The Morgan fingerprint density at radius 2 is 2.11 bits per heavy atom. The van der Waals surface area contributed by atoms with Crippen molar-refractivity contribution >= 4 is 10.9 Å². The smallest absolute Gasteiger partial charge is 0.0841 e. The van der Waals surface area contributed by atoms with Gasteiger partial charge in [0.2, 0.25) is 0 Å². The van der Waals surface area contributed by atoms with Crippen LogP contribution in [0.15, 0.2) is 24.3 Å². The van der Waals surface area contributed by atoms with Crippen LogP contribution >= 0.6 is 0 Å². The number of aromatic nitrogens is 2. The van der Waals surface area contributed by atoms with Crippen LogP contribution in [0.1, 0.15) is 32.4 Å². The molecule has 1 atom stereocenters. The first-order valence-electron chi connectivity index (χ1n) is 6.85. The third-order valence-corrected chi connectivity index (χ3v) is 3.34. The number of nitrogens with one attached hydrogen (secondary N) is 1. The van der Waals surface area contributed by atoms with Gasteiger partial charge in [-0.2, -0.15) is 5.10 Å². The highest BCUT2D eigenvalue weighted by molar-refractivity contribution is 5.81. The normalized spacial score (nSPS) is 13.1. The topological polar surface area (TPSA) is 29.9 Å². The zero-order chi connectivity index (χ0) is 13.0. The van der Waals surface area contributed by atoms with Crippen molar-refractivity contribution in [1.82, 2.24) is 15.1 Å². The molecule has 0 spiro atoms. The minimum absolute atomic E-state index is 0.681. The van der Waals surface area contributed by atoms with Crippen LogP contribution in [0.4, 0.5) is 0 Å². The molecule has 0 aliphatic heterocycles. The van der Waals surface area contributed by atoms with Gasteiger partial charge in [-0.15, -0.1) is 0 Å². The van der Waals surface area contributed by atoms with Crippen molar-refractivity contribution in [3.05, 3.63) is 30.0 Å². The summed E-state index contributed by atoms with van der Waals surface area (Å²) in [5, 5.41) is 9.22. The highest BCUT2D eigenvalue weighted by atomic mass is 15.3. The van der Waals surface area contributed by atoms with Crippen molar-refractivity contribution < 1.29 is 0 Å². The maximum atomic E-state index is 4.76. The van der Waals surface area contributed by atoms with Gasteiger partial charge in [0.1, 0.15) is 0 Å². The van der Waals surface area contributed by atoms with Crippen LogP contribution in [0.25, 0.3) is 10.9 Å². The number of fused-ring (bicyclic) bond motifs is 1. The number of nitrogens with zero attached hydrogens (tertiary/aromatic N) is 2. The monoisotopic (exact) mass is 245 g/mol. The van der Waals surface area contributed by atoms with E-state index in [9.17, 15) is 0 Å². The average molecular weight is 245 g/mol. The molecule has 1 aromatic heterocycles. The van der Waals surface area contributed by atoms with E-state index in [1.807, 2.05) is 7.05 Å². The van der Waals surface area contributed by atoms with Crippen molar-refractivity contribution in [2.24, 2.45) is 5.92 Å². The number of rotatable bonds is 6. The Bertz CT molecular complexity index is 501. The Kier molecular flexibility index (Phi) is 4.37. The lowest BCUT2D eigenvalue weighted by Crippen LogP contribution is -2.10. The molecule has 98 valence electrons. The molecule has 0 radical (unpaired) electrons. The molecular weight excluding hydrogens is 222 g/mol. The standard InChI is InChI=1S/C15H23N3/c1-4-7-12(2)11-18-15-9-6-5-8-13(15)14(17-18)10-16-3/h5-6,8-9,12,16H,4,7,10-11H2,1-3H3. The molecule has 2 aromatic rings. The highest BCUT2D eigenvalue weighted by Crippen LogP contribution is 2.20. The zero-order valence-corrected chi connectivity index (χ0v) is 11.6. The molecule has 0 bridgehead atoms. The fourth-order valence-corrected chi connectivity index (χ4v) is 2.51. The minimum Gasteiger partial charge on any atom is -0.314 e. The van der Waals surface area contributed by atoms with Gasteiger partial charge in [0, 0.05) is 18.5 Å². The molecule has 3 heteroatoms. The zero-order valence-electron chi connectivity index (χ0n) is 11.6. The molecule has 1 heterocycles. The molecule has 1 unspecified atom stereocenters. The van der Waals surface area contributed by atoms with E-state index in [0.29, 0.717) is 5.92 Å². The summed E-state index contributed by atoms with van der Waals surface area (Å²) in [6.45, 7) is 6.38.